The molecule has 124 valence electrons. The second kappa shape index (κ2) is 6.69. The highest BCUT2D eigenvalue weighted by molar-refractivity contribution is 7.92. The van der Waals surface area contributed by atoms with Crippen molar-refractivity contribution < 1.29 is 17.9 Å². The Morgan fingerprint density at radius 3 is 3.13 bits per heavy atom. The van der Waals surface area contributed by atoms with Crippen LogP contribution in [0.15, 0.2) is 29.2 Å². The molecule has 1 aromatic heterocycles. The third kappa shape index (κ3) is 3.54. The van der Waals surface area contributed by atoms with Gasteiger partial charge in [0.15, 0.2) is 5.82 Å². The molecular weight excluding hydrogens is 318 g/mol. The molecular formula is C15H19N3O4S. The van der Waals surface area contributed by atoms with Gasteiger partial charge < -0.3 is 9.47 Å². The van der Waals surface area contributed by atoms with E-state index in [0.717, 1.165) is 16.8 Å². The fraction of sp³-hybridized carbons (Fsp3) is 0.400. The minimum absolute atomic E-state index is 0.184. The second-order valence-electron chi connectivity index (χ2n) is 5.22. The van der Waals surface area contributed by atoms with Gasteiger partial charge >= 0.3 is 0 Å². The van der Waals surface area contributed by atoms with Crippen molar-refractivity contribution in [3.63, 3.8) is 0 Å². The number of aromatic amines is 1. The fourth-order valence-electron chi connectivity index (χ4n) is 2.40. The first-order valence-electron chi connectivity index (χ1n) is 7.43. The van der Waals surface area contributed by atoms with Crippen molar-refractivity contribution in [2.24, 2.45) is 0 Å². The van der Waals surface area contributed by atoms with E-state index in [1.54, 1.807) is 18.2 Å². The zero-order valence-electron chi connectivity index (χ0n) is 12.8. The van der Waals surface area contributed by atoms with E-state index in [1.165, 1.54) is 0 Å². The van der Waals surface area contributed by atoms with Gasteiger partial charge in [-0.15, -0.1) is 0 Å². The topological polar surface area (TPSA) is 93.3 Å². The first-order valence-corrected chi connectivity index (χ1v) is 8.92. The molecule has 1 aliphatic rings. The van der Waals surface area contributed by atoms with E-state index in [9.17, 15) is 8.42 Å². The molecule has 2 aromatic rings. The number of nitrogens with zero attached hydrogens (tertiary/aromatic N) is 1. The SMILES string of the molecule is CCOCc1cccc(S(=O)(=O)Nc2n[nH]c3c2COCC3)c1. The van der Waals surface area contributed by atoms with Crippen molar-refractivity contribution in [1.29, 1.82) is 0 Å². The number of hydrogen-bond acceptors (Lipinski definition) is 5. The number of fused-ring (bicyclic) bond motifs is 1. The summed E-state index contributed by atoms with van der Waals surface area (Å²) in [4.78, 5) is 0.184. The van der Waals surface area contributed by atoms with E-state index in [-0.39, 0.29) is 4.90 Å². The molecule has 23 heavy (non-hydrogen) atoms. The molecule has 1 aliphatic heterocycles. The first kappa shape index (κ1) is 16.0. The number of anilines is 1. The van der Waals surface area contributed by atoms with Crippen LogP contribution in [0.2, 0.25) is 0 Å². The first-order chi connectivity index (χ1) is 11.1. The summed E-state index contributed by atoms with van der Waals surface area (Å²) in [7, 11) is -3.71. The molecule has 0 atom stereocenters. The predicted molar refractivity (Wildman–Crippen MR) is 84.5 cm³/mol. The van der Waals surface area contributed by atoms with E-state index < -0.39 is 10.0 Å². The maximum Gasteiger partial charge on any atom is 0.263 e. The number of rotatable bonds is 6. The van der Waals surface area contributed by atoms with Crippen LogP contribution in [0.4, 0.5) is 5.82 Å². The van der Waals surface area contributed by atoms with Gasteiger partial charge in [0.1, 0.15) is 0 Å². The lowest BCUT2D eigenvalue weighted by molar-refractivity contribution is 0.110. The number of aromatic nitrogens is 2. The molecule has 0 aliphatic carbocycles. The Balaban J connectivity index is 1.83. The molecule has 7 nitrogen and oxygen atoms in total. The van der Waals surface area contributed by atoms with Gasteiger partial charge in [0.25, 0.3) is 10.0 Å². The van der Waals surface area contributed by atoms with Crippen molar-refractivity contribution in [1.82, 2.24) is 10.2 Å². The van der Waals surface area contributed by atoms with Crippen LogP contribution < -0.4 is 4.72 Å². The van der Waals surface area contributed by atoms with Crippen LogP contribution in [-0.2, 0) is 39.1 Å². The molecule has 0 saturated heterocycles. The number of H-pyrrole nitrogens is 1. The van der Waals surface area contributed by atoms with Crippen molar-refractivity contribution in [2.75, 3.05) is 17.9 Å². The van der Waals surface area contributed by atoms with Crippen LogP contribution in [0.5, 0.6) is 0 Å². The van der Waals surface area contributed by atoms with Crippen LogP contribution in [-0.4, -0.2) is 31.8 Å². The number of nitrogens with one attached hydrogen (secondary N) is 2. The number of hydrogen-bond donors (Lipinski definition) is 2. The van der Waals surface area contributed by atoms with Gasteiger partial charge in [-0.3, -0.25) is 9.82 Å². The standard InChI is InChI=1S/C15H19N3O4S/c1-2-21-9-11-4-3-5-12(8-11)23(19,20)18-15-13-10-22-7-6-14(13)16-17-15/h3-5,8H,2,6-7,9-10H2,1H3,(H2,16,17,18). The van der Waals surface area contributed by atoms with E-state index in [1.807, 2.05) is 13.0 Å². The van der Waals surface area contributed by atoms with E-state index >= 15 is 0 Å². The largest absolute Gasteiger partial charge is 0.377 e. The summed E-state index contributed by atoms with van der Waals surface area (Å²) >= 11 is 0. The fourth-order valence-corrected chi connectivity index (χ4v) is 3.51. The molecule has 2 N–H and O–H groups in total. The quantitative estimate of drug-likeness (QED) is 0.839. The van der Waals surface area contributed by atoms with Crippen LogP contribution in [0.25, 0.3) is 0 Å². The molecule has 0 radical (unpaired) electrons. The van der Waals surface area contributed by atoms with E-state index in [0.29, 0.717) is 38.7 Å². The summed E-state index contributed by atoms with van der Waals surface area (Å²) in [6.45, 7) is 3.82. The van der Waals surface area contributed by atoms with Gasteiger partial charge in [0.2, 0.25) is 0 Å². The smallest absolute Gasteiger partial charge is 0.263 e. The molecule has 0 amide bonds. The molecule has 2 heterocycles. The Bertz CT molecular complexity index is 786. The lowest BCUT2D eigenvalue weighted by atomic mass is 10.1. The Labute approximate surface area is 135 Å². The predicted octanol–water partition coefficient (Wildman–Crippen LogP) is 1.82. The average Bonchev–Trinajstić information content (AvgIpc) is 2.96. The summed E-state index contributed by atoms with van der Waals surface area (Å²) < 4.78 is 38.4. The monoisotopic (exact) mass is 337 g/mol. The van der Waals surface area contributed by atoms with Crippen LogP contribution >= 0.6 is 0 Å². The average molecular weight is 337 g/mol. The molecule has 1 aromatic carbocycles. The van der Waals surface area contributed by atoms with E-state index in [4.69, 9.17) is 9.47 Å². The molecule has 0 spiro atoms. The Morgan fingerprint density at radius 1 is 1.43 bits per heavy atom. The van der Waals surface area contributed by atoms with Gasteiger partial charge in [0, 0.05) is 24.3 Å². The van der Waals surface area contributed by atoms with Crippen molar-refractivity contribution >= 4 is 15.8 Å². The number of ether oxygens (including phenoxy) is 2. The number of benzene rings is 1. The minimum Gasteiger partial charge on any atom is -0.377 e. The lowest BCUT2D eigenvalue weighted by Crippen LogP contribution is -2.16. The zero-order chi connectivity index (χ0) is 16.3. The molecule has 0 bridgehead atoms. The highest BCUT2D eigenvalue weighted by Gasteiger charge is 2.22. The summed E-state index contributed by atoms with van der Waals surface area (Å²) in [5.41, 5.74) is 2.49. The molecule has 0 saturated carbocycles. The van der Waals surface area contributed by atoms with E-state index in [2.05, 4.69) is 14.9 Å². The maximum absolute atomic E-state index is 12.6. The molecule has 8 heteroatoms. The molecule has 0 unspecified atom stereocenters. The van der Waals surface area contributed by atoms with Crippen LogP contribution in [0.1, 0.15) is 23.7 Å². The highest BCUT2D eigenvalue weighted by atomic mass is 32.2. The highest BCUT2D eigenvalue weighted by Crippen LogP contribution is 2.24. The van der Waals surface area contributed by atoms with Crippen molar-refractivity contribution in [3.8, 4) is 0 Å². The molecule has 0 fully saturated rings. The van der Waals surface area contributed by atoms with Gasteiger partial charge in [-0.2, -0.15) is 5.10 Å². The summed E-state index contributed by atoms with van der Waals surface area (Å²) in [6, 6.07) is 6.69. The Morgan fingerprint density at radius 2 is 2.30 bits per heavy atom. The minimum atomic E-state index is -3.71. The van der Waals surface area contributed by atoms with Crippen molar-refractivity contribution in [3.05, 3.63) is 41.1 Å². The second-order valence-corrected chi connectivity index (χ2v) is 6.90. The number of sulfonamides is 1. The van der Waals surface area contributed by atoms with Gasteiger partial charge in [0.05, 0.1) is 24.7 Å². The normalized spacial score (nSPS) is 14.5. The Hall–Kier alpha value is -1.90. The third-order valence-corrected chi connectivity index (χ3v) is 4.94. The van der Waals surface area contributed by atoms with Crippen LogP contribution in [0, 0.1) is 0 Å². The molecule has 3 rings (SSSR count). The Kier molecular flexibility index (Phi) is 4.65. The zero-order valence-corrected chi connectivity index (χ0v) is 13.6. The van der Waals surface area contributed by atoms with Gasteiger partial charge in [-0.1, -0.05) is 12.1 Å². The third-order valence-electron chi connectivity index (χ3n) is 3.61. The van der Waals surface area contributed by atoms with Crippen molar-refractivity contribution in [2.45, 2.75) is 31.5 Å². The summed E-state index contributed by atoms with van der Waals surface area (Å²) in [6.07, 6.45) is 0.702. The van der Waals surface area contributed by atoms with Crippen LogP contribution in [0.3, 0.4) is 0 Å². The summed E-state index contributed by atoms with van der Waals surface area (Å²) in [5, 5.41) is 6.92. The van der Waals surface area contributed by atoms with Gasteiger partial charge in [-0.05, 0) is 24.6 Å². The lowest BCUT2D eigenvalue weighted by Gasteiger charge is -2.13. The van der Waals surface area contributed by atoms with Gasteiger partial charge in [-0.25, -0.2) is 8.42 Å². The maximum atomic E-state index is 12.6. The summed E-state index contributed by atoms with van der Waals surface area (Å²) in [5.74, 6) is 0.301.